The molecule has 17 heavy (non-hydrogen) atoms. The molecular weight excluding hydrogens is 234 g/mol. The van der Waals surface area contributed by atoms with Crippen LogP contribution in [-0.4, -0.2) is 68.3 Å². The van der Waals surface area contributed by atoms with E-state index < -0.39 is 0 Å². The van der Waals surface area contributed by atoms with Crippen molar-refractivity contribution in [2.45, 2.75) is 12.6 Å². The van der Waals surface area contributed by atoms with Gasteiger partial charge in [-0.15, -0.1) is 0 Å². The van der Waals surface area contributed by atoms with Crippen molar-refractivity contribution in [1.82, 2.24) is 24.6 Å². The molecule has 2 aliphatic rings. The van der Waals surface area contributed by atoms with Crippen LogP contribution in [0, 0.1) is 0 Å². The van der Waals surface area contributed by atoms with Crippen LogP contribution in [0.1, 0.15) is 5.82 Å². The van der Waals surface area contributed by atoms with E-state index in [1.54, 1.807) is 6.33 Å². The third-order valence-corrected chi connectivity index (χ3v) is 4.61. The highest BCUT2D eigenvalue weighted by Crippen LogP contribution is 2.20. The summed E-state index contributed by atoms with van der Waals surface area (Å²) in [7, 11) is 1.96. The second-order valence-corrected chi connectivity index (χ2v) is 6.02. The van der Waals surface area contributed by atoms with Crippen LogP contribution in [-0.2, 0) is 13.6 Å². The molecule has 0 spiro atoms. The van der Waals surface area contributed by atoms with Crippen LogP contribution < -0.4 is 0 Å². The van der Waals surface area contributed by atoms with E-state index in [1.807, 2.05) is 11.7 Å². The molecule has 1 aromatic heterocycles. The zero-order valence-electron chi connectivity index (χ0n) is 10.2. The van der Waals surface area contributed by atoms with Gasteiger partial charge in [-0.2, -0.15) is 16.9 Å². The van der Waals surface area contributed by atoms with Crippen molar-refractivity contribution in [3.05, 3.63) is 12.2 Å². The highest BCUT2D eigenvalue weighted by Gasteiger charge is 2.32. The van der Waals surface area contributed by atoms with Crippen molar-refractivity contribution in [2.75, 3.05) is 37.7 Å². The Labute approximate surface area is 106 Å². The van der Waals surface area contributed by atoms with Crippen LogP contribution in [0.15, 0.2) is 6.33 Å². The van der Waals surface area contributed by atoms with Gasteiger partial charge in [0.1, 0.15) is 12.2 Å². The van der Waals surface area contributed by atoms with Gasteiger partial charge in [-0.25, -0.2) is 4.98 Å². The van der Waals surface area contributed by atoms with Gasteiger partial charge >= 0.3 is 0 Å². The third kappa shape index (κ3) is 2.48. The first kappa shape index (κ1) is 11.5. The molecule has 0 amide bonds. The molecule has 94 valence electrons. The summed E-state index contributed by atoms with van der Waals surface area (Å²) in [5.41, 5.74) is 0. The van der Waals surface area contributed by atoms with E-state index >= 15 is 0 Å². The van der Waals surface area contributed by atoms with Gasteiger partial charge in [0.25, 0.3) is 0 Å². The topological polar surface area (TPSA) is 37.2 Å². The van der Waals surface area contributed by atoms with Gasteiger partial charge in [0, 0.05) is 50.8 Å². The van der Waals surface area contributed by atoms with Crippen LogP contribution in [0.3, 0.4) is 0 Å². The lowest BCUT2D eigenvalue weighted by molar-refractivity contribution is 0.0319. The molecule has 5 nitrogen and oxygen atoms in total. The second kappa shape index (κ2) is 4.96. The van der Waals surface area contributed by atoms with Gasteiger partial charge in [0.2, 0.25) is 0 Å². The van der Waals surface area contributed by atoms with Crippen molar-refractivity contribution >= 4 is 11.8 Å². The zero-order valence-corrected chi connectivity index (χ0v) is 11.1. The molecule has 0 bridgehead atoms. The Morgan fingerprint density at radius 1 is 1.35 bits per heavy atom. The van der Waals surface area contributed by atoms with E-state index in [4.69, 9.17) is 0 Å². The molecule has 0 atom stereocenters. The van der Waals surface area contributed by atoms with E-state index in [0.717, 1.165) is 18.4 Å². The fraction of sp³-hybridized carbons (Fsp3) is 0.818. The number of hydrogen-bond donors (Lipinski definition) is 0. The van der Waals surface area contributed by atoms with Crippen LogP contribution in [0.5, 0.6) is 0 Å². The number of aryl methyl sites for hydroxylation is 1. The fourth-order valence-electron chi connectivity index (χ4n) is 2.51. The molecule has 1 aromatic rings. The molecule has 2 saturated heterocycles. The standard InChI is InChI=1S/C11H19N5S/c1-14-11(12-9-13-14)8-15-6-10(7-15)16-2-4-17-5-3-16/h9-10H,2-8H2,1H3. The van der Waals surface area contributed by atoms with Gasteiger partial charge in [0.05, 0.1) is 6.54 Å². The number of hydrogen-bond acceptors (Lipinski definition) is 5. The quantitative estimate of drug-likeness (QED) is 0.761. The Morgan fingerprint density at radius 3 is 2.76 bits per heavy atom. The maximum absolute atomic E-state index is 4.27. The van der Waals surface area contributed by atoms with E-state index in [0.29, 0.717) is 0 Å². The summed E-state index contributed by atoms with van der Waals surface area (Å²) in [6.07, 6.45) is 1.63. The summed E-state index contributed by atoms with van der Waals surface area (Å²) in [6, 6.07) is 0.782. The number of likely N-dealkylation sites (tertiary alicyclic amines) is 1. The minimum absolute atomic E-state index is 0.782. The minimum atomic E-state index is 0.782. The van der Waals surface area contributed by atoms with Crippen molar-refractivity contribution in [2.24, 2.45) is 7.05 Å². The molecule has 0 saturated carbocycles. The number of thioether (sulfide) groups is 1. The Balaban J connectivity index is 1.46. The Hall–Kier alpha value is -0.590. The van der Waals surface area contributed by atoms with E-state index in [9.17, 15) is 0 Å². The molecule has 2 fully saturated rings. The number of nitrogens with zero attached hydrogens (tertiary/aromatic N) is 5. The summed E-state index contributed by atoms with van der Waals surface area (Å²) >= 11 is 2.08. The predicted molar refractivity (Wildman–Crippen MR) is 69.0 cm³/mol. The number of rotatable bonds is 3. The smallest absolute Gasteiger partial charge is 0.140 e. The predicted octanol–water partition coefficient (Wildman–Crippen LogP) is 0.0481. The molecule has 3 rings (SSSR count). The summed E-state index contributed by atoms with van der Waals surface area (Å²) < 4.78 is 1.87. The van der Waals surface area contributed by atoms with Crippen LogP contribution >= 0.6 is 11.8 Å². The SMILES string of the molecule is Cn1ncnc1CN1CC(N2CCSCC2)C1. The van der Waals surface area contributed by atoms with Crippen LogP contribution in [0.4, 0.5) is 0 Å². The monoisotopic (exact) mass is 253 g/mol. The lowest BCUT2D eigenvalue weighted by Gasteiger charge is -2.46. The van der Waals surface area contributed by atoms with Crippen LogP contribution in [0.25, 0.3) is 0 Å². The lowest BCUT2D eigenvalue weighted by atomic mass is 10.1. The molecular formula is C11H19N5S. The molecule has 0 unspecified atom stereocenters. The van der Waals surface area contributed by atoms with Gasteiger partial charge in [-0.1, -0.05) is 0 Å². The molecule has 0 aliphatic carbocycles. The van der Waals surface area contributed by atoms with Crippen molar-refractivity contribution in [1.29, 1.82) is 0 Å². The maximum Gasteiger partial charge on any atom is 0.140 e. The molecule has 3 heterocycles. The second-order valence-electron chi connectivity index (χ2n) is 4.80. The average molecular weight is 253 g/mol. The zero-order chi connectivity index (χ0) is 11.7. The molecule has 2 aliphatic heterocycles. The number of aromatic nitrogens is 3. The molecule has 0 radical (unpaired) electrons. The summed E-state index contributed by atoms with van der Waals surface area (Å²) in [6.45, 7) is 5.87. The summed E-state index contributed by atoms with van der Waals surface area (Å²) in [5.74, 6) is 3.68. The summed E-state index contributed by atoms with van der Waals surface area (Å²) in [4.78, 5) is 9.37. The summed E-state index contributed by atoms with van der Waals surface area (Å²) in [5, 5.41) is 4.10. The van der Waals surface area contributed by atoms with E-state index in [1.165, 1.54) is 37.7 Å². The normalized spacial score (nSPS) is 23.8. The van der Waals surface area contributed by atoms with E-state index in [2.05, 4.69) is 31.6 Å². The van der Waals surface area contributed by atoms with Crippen LogP contribution in [0.2, 0.25) is 0 Å². The van der Waals surface area contributed by atoms with Gasteiger partial charge in [-0.05, 0) is 0 Å². The Kier molecular flexibility index (Phi) is 3.35. The highest BCUT2D eigenvalue weighted by molar-refractivity contribution is 7.99. The van der Waals surface area contributed by atoms with Crippen molar-refractivity contribution in [3.8, 4) is 0 Å². The first-order chi connectivity index (χ1) is 8.33. The molecule has 0 aromatic carbocycles. The third-order valence-electron chi connectivity index (χ3n) is 3.67. The maximum atomic E-state index is 4.27. The lowest BCUT2D eigenvalue weighted by Crippen LogP contribution is -2.60. The van der Waals surface area contributed by atoms with Gasteiger partial charge in [0.15, 0.2) is 0 Å². The molecule has 6 heteroatoms. The first-order valence-electron chi connectivity index (χ1n) is 6.20. The largest absolute Gasteiger partial charge is 0.296 e. The molecule has 0 N–H and O–H groups in total. The first-order valence-corrected chi connectivity index (χ1v) is 7.35. The Bertz CT molecular complexity index is 368. The average Bonchev–Trinajstić information content (AvgIpc) is 2.70. The van der Waals surface area contributed by atoms with E-state index in [-0.39, 0.29) is 0 Å². The van der Waals surface area contributed by atoms with Gasteiger partial charge < -0.3 is 0 Å². The van der Waals surface area contributed by atoms with Crippen molar-refractivity contribution < 1.29 is 0 Å². The van der Waals surface area contributed by atoms with Crippen molar-refractivity contribution in [3.63, 3.8) is 0 Å². The minimum Gasteiger partial charge on any atom is -0.296 e. The van der Waals surface area contributed by atoms with Gasteiger partial charge in [-0.3, -0.25) is 14.5 Å². The Morgan fingerprint density at radius 2 is 2.12 bits per heavy atom. The highest BCUT2D eigenvalue weighted by atomic mass is 32.2. The fourth-order valence-corrected chi connectivity index (χ4v) is 3.44.